The number of ether oxygens (including phenoxy) is 1. The Kier molecular flexibility index (Phi) is 5.96. The summed E-state index contributed by atoms with van der Waals surface area (Å²) in [6.07, 6.45) is 3.38. The highest BCUT2D eigenvalue weighted by molar-refractivity contribution is 6.32. The van der Waals surface area contributed by atoms with Crippen molar-refractivity contribution in [2.75, 3.05) is 6.54 Å². The summed E-state index contributed by atoms with van der Waals surface area (Å²) in [6.45, 7) is 6.47. The number of aromatic nitrogens is 2. The van der Waals surface area contributed by atoms with E-state index in [4.69, 9.17) is 16.3 Å². The summed E-state index contributed by atoms with van der Waals surface area (Å²) in [5.74, 6) is 1.92. The molecule has 5 heteroatoms. The van der Waals surface area contributed by atoms with Gasteiger partial charge in [-0.1, -0.05) is 31.5 Å². The van der Waals surface area contributed by atoms with Crippen molar-refractivity contribution in [1.29, 1.82) is 0 Å². The summed E-state index contributed by atoms with van der Waals surface area (Å²) >= 11 is 6.24. The van der Waals surface area contributed by atoms with Gasteiger partial charge in [-0.15, -0.1) is 0 Å². The molecule has 1 heterocycles. The Morgan fingerprint density at radius 1 is 1.24 bits per heavy atom. The van der Waals surface area contributed by atoms with Gasteiger partial charge in [0.05, 0.1) is 5.02 Å². The standard InChI is InChI=1S/C16H20ClN3O/c1-12(2)9-18-10-13-4-5-15(14(17)8-13)21-11-16-19-6-3-7-20-16/h3-8,12,18H,9-11H2,1-2H3. The molecule has 1 N–H and O–H groups in total. The van der Waals surface area contributed by atoms with E-state index < -0.39 is 0 Å². The molecule has 0 aliphatic rings. The second kappa shape index (κ2) is 7.96. The molecule has 4 nitrogen and oxygen atoms in total. The molecule has 0 amide bonds. The molecule has 0 aliphatic carbocycles. The highest BCUT2D eigenvalue weighted by atomic mass is 35.5. The molecule has 2 rings (SSSR count). The van der Waals surface area contributed by atoms with E-state index in [0.717, 1.165) is 18.7 Å². The van der Waals surface area contributed by atoms with Gasteiger partial charge < -0.3 is 10.1 Å². The molecule has 1 aromatic carbocycles. The van der Waals surface area contributed by atoms with Crippen LogP contribution in [0.15, 0.2) is 36.7 Å². The van der Waals surface area contributed by atoms with Crippen molar-refractivity contribution in [3.8, 4) is 5.75 Å². The Balaban J connectivity index is 1.90. The van der Waals surface area contributed by atoms with Gasteiger partial charge in [0.2, 0.25) is 0 Å². The maximum atomic E-state index is 6.24. The minimum absolute atomic E-state index is 0.311. The topological polar surface area (TPSA) is 47.0 Å². The zero-order valence-electron chi connectivity index (χ0n) is 12.3. The molecule has 0 unspecified atom stereocenters. The minimum Gasteiger partial charge on any atom is -0.484 e. The Morgan fingerprint density at radius 2 is 2.00 bits per heavy atom. The van der Waals surface area contributed by atoms with Crippen LogP contribution in [0, 0.1) is 5.92 Å². The van der Waals surface area contributed by atoms with Crippen molar-refractivity contribution >= 4 is 11.6 Å². The van der Waals surface area contributed by atoms with Crippen LogP contribution in [0.25, 0.3) is 0 Å². The van der Waals surface area contributed by atoms with Gasteiger partial charge in [0.25, 0.3) is 0 Å². The zero-order chi connectivity index (χ0) is 15.1. The van der Waals surface area contributed by atoms with Crippen LogP contribution in [-0.4, -0.2) is 16.5 Å². The third kappa shape index (κ3) is 5.33. The first-order chi connectivity index (χ1) is 10.1. The van der Waals surface area contributed by atoms with Gasteiger partial charge in [-0.2, -0.15) is 0 Å². The minimum atomic E-state index is 0.311. The van der Waals surface area contributed by atoms with Crippen LogP contribution in [0.2, 0.25) is 5.02 Å². The second-order valence-electron chi connectivity index (χ2n) is 5.24. The predicted octanol–water partition coefficient (Wildman–Crippen LogP) is 3.45. The van der Waals surface area contributed by atoms with Crippen LogP contribution in [0.4, 0.5) is 0 Å². The fourth-order valence-electron chi connectivity index (χ4n) is 1.82. The molecule has 0 saturated heterocycles. The van der Waals surface area contributed by atoms with Gasteiger partial charge in [0.1, 0.15) is 12.4 Å². The van der Waals surface area contributed by atoms with Crippen LogP contribution < -0.4 is 10.1 Å². The Morgan fingerprint density at radius 3 is 2.67 bits per heavy atom. The summed E-state index contributed by atoms with van der Waals surface area (Å²) in [6, 6.07) is 7.60. The van der Waals surface area contributed by atoms with E-state index in [2.05, 4.69) is 29.1 Å². The van der Waals surface area contributed by atoms with Crippen molar-refractivity contribution in [3.05, 3.63) is 53.1 Å². The maximum Gasteiger partial charge on any atom is 0.166 e. The lowest BCUT2D eigenvalue weighted by molar-refractivity contribution is 0.296. The highest BCUT2D eigenvalue weighted by Gasteiger charge is 2.05. The summed E-state index contributed by atoms with van der Waals surface area (Å²) in [5.41, 5.74) is 1.14. The lowest BCUT2D eigenvalue weighted by Gasteiger charge is -2.10. The third-order valence-electron chi connectivity index (χ3n) is 2.85. The second-order valence-corrected chi connectivity index (χ2v) is 5.65. The first kappa shape index (κ1) is 15.7. The van der Waals surface area contributed by atoms with Crippen LogP contribution in [0.3, 0.4) is 0 Å². The van der Waals surface area contributed by atoms with Crippen LogP contribution in [0.5, 0.6) is 5.75 Å². The van der Waals surface area contributed by atoms with E-state index >= 15 is 0 Å². The summed E-state index contributed by atoms with van der Waals surface area (Å²) < 4.78 is 5.64. The Bertz CT molecular complexity index is 561. The fraction of sp³-hybridized carbons (Fsp3) is 0.375. The summed E-state index contributed by atoms with van der Waals surface area (Å²) in [5, 5.41) is 3.99. The molecular weight excluding hydrogens is 286 g/mol. The van der Waals surface area contributed by atoms with Crippen LogP contribution in [-0.2, 0) is 13.2 Å². The van der Waals surface area contributed by atoms with Crippen molar-refractivity contribution in [2.24, 2.45) is 5.92 Å². The number of hydrogen-bond acceptors (Lipinski definition) is 4. The molecule has 0 spiro atoms. The van der Waals surface area contributed by atoms with Crippen molar-refractivity contribution in [1.82, 2.24) is 15.3 Å². The van der Waals surface area contributed by atoms with Crippen LogP contribution >= 0.6 is 11.6 Å². The van der Waals surface area contributed by atoms with Gasteiger partial charge in [-0.05, 0) is 36.2 Å². The molecule has 0 atom stereocenters. The maximum absolute atomic E-state index is 6.24. The first-order valence-corrected chi connectivity index (χ1v) is 7.41. The molecule has 112 valence electrons. The molecule has 0 bridgehead atoms. The SMILES string of the molecule is CC(C)CNCc1ccc(OCc2ncccn2)c(Cl)c1. The molecule has 0 aliphatic heterocycles. The largest absolute Gasteiger partial charge is 0.484 e. The molecule has 2 aromatic rings. The molecule has 1 aromatic heterocycles. The van der Waals surface area contributed by atoms with Gasteiger partial charge in [0, 0.05) is 18.9 Å². The fourth-order valence-corrected chi connectivity index (χ4v) is 2.08. The third-order valence-corrected chi connectivity index (χ3v) is 3.15. The van der Waals surface area contributed by atoms with E-state index in [1.54, 1.807) is 18.5 Å². The smallest absolute Gasteiger partial charge is 0.166 e. The van der Waals surface area contributed by atoms with Gasteiger partial charge in [0.15, 0.2) is 5.82 Å². The van der Waals surface area contributed by atoms with Crippen molar-refractivity contribution in [2.45, 2.75) is 27.0 Å². The number of halogens is 1. The Labute approximate surface area is 130 Å². The molecule has 0 radical (unpaired) electrons. The van der Waals surface area contributed by atoms with Crippen molar-refractivity contribution < 1.29 is 4.74 Å². The number of nitrogens with one attached hydrogen (secondary N) is 1. The van der Waals surface area contributed by atoms with Gasteiger partial charge in [-0.3, -0.25) is 0 Å². The first-order valence-electron chi connectivity index (χ1n) is 7.03. The average molecular weight is 306 g/mol. The number of hydrogen-bond donors (Lipinski definition) is 1. The number of nitrogens with zero attached hydrogens (tertiary/aromatic N) is 2. The lowest BCUT2D eigenvalue weighted by atomic mass is 10.2. The van der Waals surface area contributed by atoms with E-state index in [0.29, 0.717) is 29.1 Å². The predicted molar refractivity (Wildman–Crippen MR) is 84.4 cm³/mol. The summed E-state index contributed by atoms with van der Waals surface area (Å²) in [4.78, 5) is 8.22. The van der Waals surface area contributed by atoms with Gasteiger partial charge in [-0.25, -0.2) is 9.97 Å². The highest BCUT2D eigenvalue weighted by Crippen LogP contribution is 2.26. The molecule has 0 fully saturated rings. The van der Waals surface area contributed by atoms with E-state index in [-0.39, 0.29) is 0 Å². The lowest BCUT2D eigenvalue weighted by Crippen LogP contribution is -2.18. The quantitative estimate of drug-likeness (QED) is 0.851. The Hall–Kier alpha value is -1.65. The van der Waals surface area contributed by atoms with E-state index in [9.17, 15) is 0 Å². The normalized spacial score (nSPS) is 10.9. The van der Waals surface area contributed by atoms with Crippen LogP contribution in [0.1, 0.15) is 25.2 Å². The average Bonchev–Trinajstić information content (AvgIpc) is 2.47. The zero-order valence-corrected chi connectivity index (χ0v) is 13.1. The summed E-state index contributed by atoms with van der Waals surface area (Å²) in [7, 11) is 0. The van der Waals surface area contributed by atoms with E-state index in [1.165, 1.54) is 0 Å². The van der Waals surface area contributed by atoms with E-state index in [1.807, 2.05) is 18.2 Å². The monoisotopic (exact) mass is 305 g/mol. The molecule has 0 saturated carbocycles. The number of benzene rings is 1. The molecular formula is C16H20ClN3O. The molecule has 21 heavy (non-hydrogen) atoms. The van der Waals surface area contributed by atoms with Gasteiger partial charge >= 0.3 is 0 Å². The number of rotatable bonds is 7. The van der Waals surface area contributed by atoms with Crippen molar-refractivity contribution in [3.63, 3.8) is 0 Å².